The van der Waals surface area contributed by atoms with Gasteiger partial charge >= 0.3 is 5.97 Å². The summed E-state index contributed by atoms with van der Waals surface area (Å²) in [4.78, 5) is 24.4. The molecule has 120 valence electrons. The molecule has 1 N–H and O–H groups in total. The van der Waals surface area contributed by atoms with Gasteiger partial charge in [-0.3, -0.25) is 4.79 Å². The first-order valence-corrected chi connectivity index (χ1v) is 7.79. The third-order valence-corrected chi connectivity index (χ3v) is 3.66. The van der Waals surface area contributed by atoms with Crippen molar-refractivity contribution in [2.24, 2.45) is 0 Å². The number of nitrogens with one attached hydrogen (secondary N) is 1. The van der Waals surface area contributed by atoms with E-state index in [9.17, 15) is 18.4 Å². The molecule has 2 aromatic rings. The third kappa shape index (κ3) is 4.53. The van der Waals surface area contributed by atoms with Gasteiger partial charge in [0, 0.05) is 11.0 Å². The molecule has 4 nitrogen and oxygen atoms in total. The average Bonchev–Trinajstić information content (AvgIpc) is 2.56. The Morgan fingerprint density at radius 2 is 1.91 bits per heavy atom. The van der Waals surface area contributed by atoms with E-state index < -0.39 is 30.1 Å². The summed E-state index contributed by atoms with van der Waals surface area (Å²) in [6.07, 6.45) is 1.81. The zero-order valence-electron chi connectivity index (χ0n) is 12.1. The Hall–Kier alpha value is -2.41. The monoisotopic (exact) mass is 337 g/mol. The number of amides is 1. The molecule has 2 rings (SSSR count). The number of rotatable bonds is 5. The van der Waals surface area contributed by atoms with Crippen LogP contribution >= 0.6 is 11.8 Å². The number of anilines is 1. The Morgan fingerprint density at radius 1 is 1.17 bits per heavy atom. The van der Waals surface area contributed by atoms with Crippen molar-refractivity contribution in [1.82, 2.24) is 0 Å². The van der Waals surface area contributed by atoms with Gasteiger partial charge in [0.1, 0.15) is 11.6 Å². The lowest BCUT2D eigenvalue weighted by molar-refractivity contribution is -0.119. The van der Waals surface area contributed by atoms with Crippen molar-refractivity contribution in [2.75, 3.05) is 18.2 Å². The second-order valence-electron chi connectivity index (χ2n) is 4.45. The summed E-state index contributed by atoms with van der Waals surface area (Å²) < 4.78 is 31.3. The van der Waals surface area contributed by atoms with Crippen LogP contribution in [0.3, 0.4) is 0 Å². The number of hydrogen-bond donors (Lipinski definition) is 1. The molecular formula is C16H13F2NO3S. The Kier molecular flexibility index (Phi) is 5.70. The van der Waals surface area contributed by atoms with Gasteiger partial charge < -0.3 is 10.1 Å². The van der Waals surface area contributed by atoms with Crippen LogP contribution in [-0.2, 0) is 9.53 Å². The smallest absolute Gasteiger partial charge is 0.339 e. The predicted octanol–water partition coefficient (Wildman–Crippen LogP) is 3.48. The number of ether oxygens (including phenoxy) is 1. The molecule has 0 aliphatic heterocycles. The van der Waals surface area contributed by atoms with Crippen LogP contribution in [-0.4, -0.2) is 24.7 Å². The summed E-state index contributed by atoms with van der Waals surface area (Å²) in [5, 5.41) is 2.15. The van der Waals surface area contributed by atoms with Gasteiger partial charge in [0.05, 0.1) is 11.3 Å². The van der Waals surface area contributed by atoms with Gasteiger partial charge in [-0.1, -0.05) is 12.1 Å². The maximum Gasteiger partial charge on any atom is 0.339 e. The van der Waals surface area contributed by atoms with E-state index in [1.54, 1.807) is 24.3 Å². The first-order valence-electron chi connectivity index (χ1n) is 6.56. The summed E-state index contributed by atoms with van der Waals surface area (Å²) in [6.45, 7) is -0.600. The summed E-state index contributed by atoms with van der Waals surface area (Å²) >= 11 is 1.37. The van der Waals surface area contributed by atoms with Crippen LogP contribution in [0.5, 0.6) is 0 Å². The lowest BCUT2D eigenvalue weighted by Gasteiger charge is -2.09. The van der Waals surface area contributed by atoms with Crippen LogP contribution in [0.25, 0.3) is 0 Å². The van der Waals surface area contributed by atoms with E-state index in [1.165, 1.54) is 11.8 Å². The molecule has 0 fully saturated rings. The van der Waals surface area contributed by atoms with Crippen molar-refractivity contribution < 1.29 is 23.1 Å². The summed E-state index contributed by atoms with van der Waals surface area (Å²) in [7, 11) is 0. The second kappa shape index (κ2) is 7.73. The zero-order valence-corrected chi connectivity index (χ0v) is 13.0. The predicted molar refractivity (Wildman–Crippen MR) is 83.5 cm³/mol. The van der Waals surface area contributed by atoms with Gasteiger partial charge in [-0.2, -0.15) is 0 Å². The molecule has 7 heteroatoms. The van der Waals surface area contributed by atoms with Crippen molar-refractivity contribution in [3.05, 3.63) is 59.7 Å². The largest absolute Gasteiger partial charge is 0.452 e. The standard InChI is InChI=1S/C16H13F2NO3S/c1-23-14-5-3-2-4-11(14)16(21)22-9-15(20)19-13-8-10(17)6-7-12(13)18/h2-8H,9H2,1H3,(H,19,20). The zero-order chi connectivity index (χ0) is 16.8. The Labute approximate surface area is 135 Å². The molecule has 0 spiro atoms. The first-order chi connectivity index (χ1) is 11.0. The number of carbonyl (C=O) groups is 2. The maximum atomic E-state index is 13.4. The van der Waals surface area contributed by atoms with E-state index in [1.807, 2.05) is 6.26 Å². The highest BCUT2D eigenvalue weighted by Crippen LogP contribution is 2.20. The molecule has 0 aliphatic rings. The lowest BCUT2D eigenvalue weighted by atomic mass is 10.2. The van der Waals surface area contributed by atoms with E-state index in [0.29, 0.717) is 10.5 Å². The normalized spacial score (nSPS) is 10.2. The molecule has 0 unspecified atom stereocenters. The van der Waals surface area contributed by atoms with Gasteiger partial charge in [0.2, 0.25) is 0 Å². The van der Waals surface area contributed by atoms with Crippen LogP contribution in [0.4, 0.5) is 14.5 Å². The number of thioether (sulfide) groups is 1. The van der Waals surface area contributed by atoms with Crippen LogP contribution in [0.2, 0.25) is 0 Å². The molecule has 0 aliphatic carbocycles. The number of halogens is 2. The third-order valence-electron chi connectivity index (χ3n) is 2.86. The minimum Gasteiger partial charge on any atom is -0.452 e. The van der Waals surface area contributed by atoms with Crippen molar-refractivity contribution in [1.29, 1.82) is 0 Å². The number of esters is 1. The Bertz CT molecular complexity index is 737. The summed E-state index contributed by atoms with van der Waals surface area (Å²) in [5.41, 5.74) is 0.0281. The van der Waals surface area contributed by atoms with Gasteiger partial charge in [-0.05, 0) is 30.5 Å². The number of benzene rings is 2. The minimum atomic E-state index is -0.779. The van der Waals surface area contributed by atoms with Crippen molar-refractivity contribution in [3.8, 4) is 0 Å². The Morgan fingerprint density at radius 3 is 2.65 bits per heavy atom. The summed E-state index contributed by atoms with van der Waals surface area (Å²) in [6, 6.07) is 9.47. The van der Waals surface area contributed by atoms with E-state index in [2.05, 4.69) is 5.32 Å². The molecule has 23 heavy (non-hydrogen) atoms. The molecule has 0 saturated heterocycles. The number of hydrogen-bond acceptors (Lipinski definition) is 4. The van der Waals surface area contributed by atoms with Gasteiger partial charge in [0.25, 0.3) is 5.91 Å². The molecule has 0 saturated carbocycles. The van der Waals surface area contributed by atoms with Gasteiger partial charge in [-0.25, -0.2) is 13.6 Å². The molecule has 2 aromatic carbocycles. The van der Waals surface area contributed by atoms with Crippen molar-refractivity contribution in [3.63, 3.8) is 0 Å². The number of carbonyl (C=O) groups excluding carboxylic acids is 2. The van der Waals surface area contributed by atoms with E-state index in [4.69, 9.17) is 4.74 Å². The van der Waals surface area contributed by atoms with E-state index in [0.717, 1.165) is 18.2 Å². The molecule has 0 atom stereocenters. The van der Waals surface area contributed by atoms with Gasteiger partial charge in [-0.15, -0.1) is 11.8 Å². The van der Waals surface area contributed by atoms with Crippen molar-refractivity contribution in [2.45, 2.75) is 4.90 Å². The quantitative estimate of drug-likeness (QED) is 0.670. The molecule has 1 amide bonds. The van der Waals surface area contributed by atoms with Crippen LogP contribution in [0.1, 0.15) is 10.4 Å². The molecule has 0 radical (unpaired) electrons. The average molecular weight is 337 g/mol. The fraction of sp³-hybridized carbons (Fsp3) is 0.125. The minimum absolute atomic E-state index is 0.310. The molecule has 0 aromatic heterocycles. The van der Waals surface area contributed by atoms with Crippen LogP contribution in [0, 0.1) is 11.6 Å². The highest BCUT2D eigenvalue weighted by Gasteiger charge is 2.14. The van der Waals surface area contributed by atoms with Crippen LogP contribution in [0.15, 0.2) is 47.4 Å². The lowest BCUT2D eigenvalue weighted by Crippen LogP contribution is -2.21. The van der Waals surface area contributed by atoms with Gasteiger partial charge in [0.15, 0.2) is 6.61 Å². The summed E-state index contributed by atoms with van der Waals surface area (Å²) in [5.74, 6) is -2.89. The van der Waals surface area contributed by atoms with E-state index in [-0.39, 0.29) is 5.69 Å². The Balaban J connectivity index is 1.96. The second-order valence-corrected chi connectivity index (χ2v) is 5.30. The van der Waals surface area contributed by atoms with Crippen LogP contribution < -0.4 is 5.32 Å². The fourth-order valence-electron chi connectivity index (χ4n) is 1.80. The molecule has 0 bridgehead atoms. The highest BCUT2D eigenvalue weighted by atomic mass is 32.2. The molecule has 0 heterocycles. The first kappa shape index (κ1) is 17.0. The SMILES string of the molecule is CSc1ccccc1C(=O)OCC(=O)Nc1cc(F)ccc1F. The molecular weight excluding hydrogens is 324 g/mol. The topological polar surface area (TPSA) is 55.4 Å². The van der Waals surface area contributed by atoms with Crippen molar-refractivity contribution >= 4 is 29.3 Å². The fourth-order valence-corrected chi connectivity index (χ4v) is 2.39. The highest BCUT2D eigenvalue weighted by molar-refractivity contribution is 7.98. The maximum absolute atomic E-state index is 13.4. The van der Waals surface area contributed by atoms with E-state index >= 15 is 0 Å².